The minimum absolute atomic E-state index is 0.738. The highest BCUT2D eigenvalue weighted by Crippen LogP contribution is 2.26. The molecule has 5 heteroatoms. The fourth-order valence-electron chi connectivity index (χ4n) is 1.63. The van der Waals surface area contributed by atoms with Crippen LogP contribution in [0.1, 0.15) is 22.6 Å². The van der Waals surface area contributed by atoms with E-state index in [1.807, 2.05) is 32.9 Å². The smallest absolute Gasteiger partial charge is 0.188 e. The third kappa shape index (κ3) is 3.21. The number of aryl methyl sites for hydroxylation is 3. The summed E-state index contributed by atoms with van der Waals surface area (Å²) in [5.74, 6) is 0.738. The second-order valence-electron chi connectivity index (χ2n) is 4.08. The van der Waals surface area contributed by atoms with Crippen molar-refractivity contribution in [3.8, 4) is 0 Å². The molecule has 0 amide bonds. The van der Waals surface area contributed by atoms with Crippen LogP contribution in [-0.4, -0.2) is 15.0 Å². The molecule has 0 radical (unpaired) electrons. The molecule has 18 heavy (non-hydrogen) atoms. The number of aromatic nitrogens is 3. The fourth-order valence-corrected chi connectivity index (χ4v) is 3.03. The summed E-state index contributed by atoms with van der Waals surface area (Å²) in [6.45, 7) is 5.91. The van der Waals surface area contributed by atoms with Crippen LogP contribution in [0, 0.1) is 20.8 Å². The van der Waals surface area contributed by atoms with E-state index in [1.165, 1.54) is 0 Å². The van der Waals surface area contributed by atoms with Crippen LogP contribution in [-0.2, 0) is 5.75 Å². The molecule has 0 saturated heterocycles. The fraction of sp³-hybridized carbons (Fsp3) is 0.308. The average Bonchev–Trinajstić information content (AvgIpc) is 2.27. The predicted molar refractivity (Wildman–Crippen MR) is 75.1 cm³/mol. The molecule has 0 N–H and O–H groups in total. The molecule has 94 valence electrons. The van der Waals surface area contributed by atoms with Crippen molar-refractivity contribution in [2.75, 3.05) is 0 Å². The van der Waals surface area contributed by atoms with Crippen LogP contribution >= 0.6 is 23.4 Å². The van der Waals surface area contributed by atoms with E-state index in [1.54, 1.807) is 18.0 Å². The molecule has 0 atom stereocenters. The quantitative estimate of drug-likeness (QED) is 0.634. The van der Waals surface area contributed by atoms with Crippen molar-refractivity contribution >= 4 is 23.4 Å². The molecule has 2 aromatic rings. The first-order valence-electron chi connectivity index (χ1n) is 5.61. The standard InChI is InChI=1S/C13H14ClN3S/c1-8-6-9(2)17-13(16-8)18-7-11-10(3)15-5-4-12(11)14/h4-6H,7H2,1-3H3. The zero-order valence-corrected chi connectivity index (χ0v) is 12.1. The molecule has 0 aliphatic heterocycles. The zero-order chi connectivity index (χ0) is 13.1. The number of hydrogen-bond acceptors (Lipinski definition) is 4. The Morgan fingerprint density at radius 1 is 1.17 bits per heavy atom. The van der Waals surface area contributed by atoms with E-state index < -0.39 is 0 Å². The molecule has 3 nitrogen and oxygen atoms in total. The number of thioether (sulfide) groups is 1. The Kier molecular flexibility index (Phi) is 4.19. The molecule has 0 saturated carbocycles. The van der Waals surface area contributed by atoms with E-state index in [9.17, 15) is 0 Å². The Morgan fingerprint density at radius 2 is 1.83 bits per heavy atom. The van der Waals surface area contributed by atoms with Gasteiger partial charge < -0.3 is 0 Å². The average molecular weight is 280 g/mol. The lowest BCUT2D eigenvalue weighted by atomic mass is 10.2. The summed E-state index contributed by atoms with van der Waals surface area (Å²) < 4.78 is 0. The molecular weight excluding hydrogens is 266 g/mol. The van der Waals surface area contributed by atoms with E-state index in [0.29, 0.717) is 0 Å². The first kappa shape index (κ1) is 13.3. The topological polar surface area (TPSA) is 38.7 Å². The lowest BCUT2D eigenvalue weighted by Gasteiger charge is -2.07. The summed E-state index contributed by atoms with van der Waals surface area (Å²) in [4.78, 5) is 13.0. The van der Waals surface area contributed by atoms with Crippen molar-refractivity contribution in [2.45, 2.75) is 31.7 Å². The minimum atomic E-state index is 0.738. The third-order valence-corrected chi connectivity index (χ3v) is 3.75. The Bertz CT molecular complexity index is 532. The number of halogens is 1. The maximum atomic E-state index is 6.16. The molecule has 0 spiro atoms. The van der Waals surface area contributed by atoms with Gasteiger partial charge in [-0.25, -0.2) is 9.97 Å². The van der Waals surface area contributed by atoms with Crippen LogP contribution in [0.4, 0.5) is 0 Å². The number of pyridine rings is 1. The second-order valence-corrected chi connectivity index (χ2v) is 5.43. The van der Waals surface area contributed by atoms with Crippen molar-refractivity contribution in [3.05, 3.63) is 46.0 Å². The van der Waals surface area contributed by atoms with Gasteiger partial charge in [0.05, 0.1) is 0 Å². The highest BCUT2D eigenvalue weighted by atomic mass is 35.5. The highest BCUT2D eigenvalue weighted by Gasteiger charge is 2.07. The number of nitrogens with zero attached hydrogens (tertiary/aromatic N) is 3. The van der Waals surface area contributed by atoms with Gasteiger partial charge in [0.2, 0.25) is 0 Å². The highest BCUT2D eigenvalue weighted by molar-refractivity contribution is 7.98. The van der Waals surface area contributed by atoms with Crippen molar-refractivity contribution in [1.29, 1.82) is 0 Å². The zero-order valence-electron chi connectivity index (χ0n) is 10.6. The van der Waals surface area contributed by atoms with Gasteiger partial charge in [0.1, 0.15) is 0 Å². The Morgan fingerprint density at radius 3 is 2.44 bits per heavy atom. The van der Waals surface area contributed by atoms with Crippen LogP contribution in [0.15, 0.2) is 23.5 Å². The van der Waals surface area contributed by atoms with E-state index in [4.69, 9.17) is 11.6 Å². The monoisotopic (exact) mass is 279 g/mol. The van der Waals surface area contributed by atoms with Crippen molar-refractivity contribution in [1.82, 2.24) is 15.0 Å². The van der Waals surface area contributed by atoms with Crippen LogP contribution < -0.4 is 0 Å². The van der Waals surface area contributed by atoms with Gasteiger partial charge in [-0.1, -0.05) is 23.4 Å². The van der Waals surface area contributed by atoms with E-state index >= 15 is 0 Å². The molecule has 0 aliphatic carbocycles. The number of hydrogen-bond donors (Lipinski definition) is 0. The first-order valence-corrected chi connectivity index (χ1v) is 6.97. The SMILES string of the molecule is Cc1cc(C)nc(SCc2c(Cl)ccnc2C)n1. The summed E-state index contributed by atoms with van der Waals surface area (Å²) in [7, 11) is 0. The van der Waals surface area contributed by atoms with Gasteiger partial charge >= 0.3 is 0 Å². The second kappa shape index (κ2) is 5.67. The Balaban J connectivity index is 2.16. The maximum absolute atomic E-state index is 6.16. The maximum Gasteiger partial charge on any atom is 0.188 e. The van der Waals surface area contributed by atoms with Gasteiger partial charge in [0.25, 0.3) is 0 Å². The van der Waals surface area contributed by atoms with Crippen molar-refractivity contribution < 1.29 is 0 Å². The summed E-state index contributed by atoms with van der Waals surface area (Å²) >= 11 is 7.75. The van der Waals surface area contributed by atoms with Gasteiger partial charge in [0.15, 0.2) is 5.16 Å². The molecule has 0 bridgehead atoms. The van der Waals surface area contributed by atoms with E-state index in [0.717, 1.165) is 38.6 Å². The Hall–Kier alpha value is -1.13. The molecule has 0 aliphatic rings. The Labute approximate surface area is 116 Å². The lowest BCUT2D eigenvalue weighted by molar-refractivity contribution is 0.901. The van der Waals surface area contributed by atoms with Gasteiger partial charge in [-0.05, 0) is 32.9 Å². The van der Waals surface area contributed by atoms with Gasteiger partial charge in [-0.3, -0.25) is 4.98 Å². The normalized spacial score (nSPS) is 10.7. The van der Waals surface area contributed by atoms with Crippen molar-refractivity contribution in [3.63, 3.8) is 0 Å². The third-order valence-electron chi connectivity index (χ3n) is 2.52. The van der Waals surface area contributed by atoms with E-state index in [2.05, 4.69) is 15.0 Å². The van der Waals surface area contributed by atoms with Gasteiger partial charge in [0, 0.05) is 39.6 Å². The summed E-state index contributed by atoms with van der Waals surface area (Å²) in [6, 6.07) is 3.78. The largest absolute Gasteiger partial charge is 0.261 e. The molecule has 2 rings (SSSR count). The minimum Gasteiger partial charge on any atom is -0.261 e. The van der Waals surface area contributed by atoms with Crippen molar-refractivity contribution in [2.24, 2.45) is 0 Å². The summed E-state index contributed by atoms with van der Waals surface area (Å²) in [5, 5.41) is 1.53. The predicted octanol–water partition coefficient (Wildman–Crippen LogP) is 3.74. The molecular formula is C13H14ClN3S. The molecule has 0 aromatic carbocycles. The number of rotatable bonds is 3. The molecule has 2 heterocycles. The van der Waals surface area contributed by atoms with Crippen LogP contribution in [0.2, 0.25) is 5.02 Å². The van der Waals surface area contributed by atoms with Crippen LogP contribution in [0.5, 0.6) is 0 Å². The summed E-state index contributed by atoms with van der Waals surface area (Å²) in [6.07, 6.45) is 1.72. The van der Waals surface area contributed by atoms with E-state index in [-0.39, 0.29) is 0 Å². The molecule has 2 aromatic heterocycles. The van der Waals surface area contributed by atoms with Crippen LogP contribution in [0.25, 0.3) is 0 Å². The van der Waals surface area contributed by atoms with Gasteiger partial charge in [-0.15, -0.1) is 0 Å². The lowest BCUT2D eigenvalue weighted by Crippen LogP contribution is -1.95. The van der Waals surface area contributed by atoms with Crippen LogP contribution in [0.3, 0.4) is 0 Å². The molecule has 0 unspecified atom stereocenters. The first-order chi connectivity index (χ1) is 8.56. The van der Waals surface area contributed by atoms with Gasteiger partial charge in [-0.2, -0.15) is 0 Å². The summed E-state index contributed by atoms with van der Waals surface area (Å²) in [5.41, 5.74) is 3.98. The molecule has 0 fully saturated rings.